The molecule has 0 radical (unpaired) electrons. The van der Waals surface area contributed by atoms with Gasteiger partial charge < -0.3 is 9.80 Å². The summed E-state index contributed by atoms with van der Waals surface area (Å²) in [5.74, 6) is 0.678. The van der Waals surface area contributed by atoms with Crippen LogP contribution >= 0.6 is 0 Å². The van der Waals surface area contributed by atoms with Crippen molar-refractivity contribution in [3.63, 3.8) is 0 Å². The van der Waals surface area contributed by atoms with Crippen LogP contribution in [0.15, 0.2) is 175 Å². The van der Waals surface area contributed by atoms with Gasteiger partial charge in [-0.2, -0.15) is 0 Å². The summed E-state index contributed by atoms with van der Waals surface area (Å²) in [6.07, 6.45) is 24.0. The molecule has 268 valence electrons. The lowest BCUT2D eigenvalue weighted by Gasteiger charge is -2.42. The van der Waals surface area contributed by atoms with Crippen LogP contribution in [-0.4, -0.2) is 13.6 Å². The van der Waals surface area contributed by atoms with Crippen molar-refractivity contribution < 1.29 is 0 Å². The maximum absolute atomic E-state index is 4.58. The summed E-state index contributed by atoms with van der Waals surface area (Å²) >= 11 is 0. The molecular weight excluding hydrogens is 617 g/mol. The monoisotopic (exact) mass is 678 g/mol. The van der Waals surface area contributed by atoms with Crippen LogP contribution in [0.5, 0.6) is 0 Å². The van der Waals surface area contributed by atoms with E-state index < -0.39 is 0 Å². The van der Waals surface area contributed by atoms with Gasteiger partial charge in [0.25, 0.3) is 0 Å². The molecule has 2 aliphatic rings. The largest absolute Gasteiger partial charge is 0.345 e. The van der Waals surface area contributed by atoms with Gasteiger partial charge in [-0.3, -0.25) is 0 Å². The Labute approximate surface area is 311 Å². The average molecular weight is 679 g/mol. The van der Waals surface area contributed by atoms with Crippen molar-refractivity contribution in [1.29, 1.82) is 0 Å². The third-order valence-corrected chi connectivity index (χ3v) is 11.2. The Bertz CT molecular complexity index is 1770. The molecule has 2 aromatic carbocycles. The topological polar surface area (TPSA) is 6.48 Å². The molecule has 0 bridgehead atoms. The molecule has 0 aromatic heterocycles. The highest BCUT2D eigenvalue weighted by atomic mass is 15.2. The Morgan fingerprint density at radius 2 is 1.65 bits per heavy atom. The summed E-state index contributed by atoms with van der Waals surface area (Å²) in [5.41, 5.74) is 11.6. The van der Waals surface area contributed by atoms with Crippen molar-refractivity contribution in [1.82, 2.24) is 0 Å². The van der Waals surface area contributed by atoms with Crippen molar-refractivity contribution in [3.8, 4) is 0 Å². The minimum absolute atomic E-state index is 0.102. The lowest BCUT2D eigenvalue weighted by molar-refractivity contribution is 0.332. The SMILES string of the molecule is C=C/C=C(CN(C1=C(CC)C(=C)C=CC(C)C1(C)C)c1ccc(C2(C)C=CC2)cc1)/C(/C=C\C(=C)N(C)c1ccccc1)=C/C(=C)C(C)CCC. The average Bonchev–Trinajstić information content (AvgIpc) is 3.19. The first-order valence-electron chi connectivity index (χ1n) is 18.8. The molecule has 0 spiro atoms. The van der Waals surface area contributed by atoms with Crippen LogP contribution in [-0.2, 0) is 5.41 Å². The molecule has 0 aliphatic heterocycles. The molecule has 0 saturated carbocycles. The first-order valence-corrected chi connectivity index (χ1v) is 18.8. The van der Waals surface area contributed by atoms with Crippen molar-refractivity contribution >= 4 is 11.4 Å². The number of nitrogens with zero attached hydrogens (tertiary/aromatic N) is 2. The van der Waals surface area contributed by atoms with Crippen molar-refractivity contribution in [2.75, 3.05) is 23.4 Å². The van der Waals surface area contributed by atoms with E-state index in [0.717, 1.165) is 59.4 Å². The Morgan fingerprint density at radius 1 is 0.980 bits per heavy atom. The minimum atomic E-state index is -0.159. The predicted octanol–water partition coefficient (Wildman–Crippen LogP) is 13.4. The van der Waals surface area contributed by atoms with Gasteiger partial charge in [-0.1, -0.05) is 166 Å². The Hall–Kier alpha value is -4.56. The highest BCUT2D eigenvalue weighted by Gasteiger charge is 2.37. The van der Waals surface area contributed by atoms with E-state index in [1.807, 2.05) is 12.1 Å². The number of hydrogen-bond acceptors (Lipinski definition) is 2. The molecule has 0 saturated heterocycles. The number of para-hydroxylation sites is 1. The molecule has 2 nitrogen and oxygen atoms in total. The summed E-state index contributed by atoms with van der Waals surface area (Å²) in [5, 5.41) is 0. The number of hydrogen-bond donors (Lipinski definition) is 0. The van der Waals surface area contributed by atoms with E-state index in [0.29, 0.717) is 18.4 Å². The summed E-state index contributed by atoms with van der Waals surface area (Å²) in [6.45, 7) is 34.7. The predicted molar refractivity (Wildman–Crippen MR) is 226 cm³/mol. The van der Waals surface area contributed by atoms with E-state index in [-0.39, 0.29) is 10.8 Å². The van der Waals surface area contributed by atoms with Crippen LogP contribution in [0.1, 0.15) is 79.7 Å². The first kappa shape index (κ1) is 39.2. The smallest absolute Gasteiger partial charge is 0.0484 e. The molecule has 0 fully saturated rings. The zero-order valence-electron chi connectivity index (χ0n) is 32.8. The van der Waals surface area contributed by atoms with Crippen LogP contribution in [0, 0.1) is 17.3 Å². The van der Waals surface area contributed by atoms with E-state index in [4.69, 9.17) is 0 Å². The lowest BCUT2D eigenvalue weighted by Crippen LogP contribution is -2.37. The van der Waals surface area contributed by atoms with Crippen LogP contribution in [0.2, 0.25) is 0 Å². The van der Waals surface area contributed by atoms with Gasteiger partial charge in [0, 0.05) is 47.2 Å². The van der Waals surface area contributed by atoms with Gasteiger partial charge in [0.2, 0.25) is 0 Å². The van der Waals surface area contributed by atoms with E-state index in [2.05, 4.69) is 189 Å². The second kappa shape index (κ2) is 17.1. The normalized spacial score (nSPS) is 20.9. The highest BCUT2D eigenvalue weighted by Crippen LogP contribution is 2.46. The molecule has 0 amide bonds. The van der Waals surface area contributed by atoms with Crippen molar-refractivity contribution in [3.05, 3.63) is 180 Å². The summed E-state index contributed by atoms with van der Waals surface area (Å²) < 4.78 is 0. The zero-order chi connectivity index (χ0) is 37.3. The molecule has 2 aromatic rings. The molecule has 3 unspecified atom stereocenters. The number of allylic oxidation sites excluding steroid dienone is 13. The van der Waals surface area contributed by atoms with Crippen molar-refractivity contribution in [2.24, 2.45) is 17.3 Å². The second-order valence-electron chi connectivity index (χ2n) is 15.2. The summed E-state index contributed by atoms with van der Waals surface area (Å²) in [6, 6.07) is 19.6. The number of rotatable bonds is 16. The Balaban J connectivity index is 1.89. The second-order valence-corrected chi connectivity index (χ2v) is 15.2. The number of anilines is 2. The Kier molecular flexibility index (Phi) is 13.2. The van der Waals surface area contributed by atoms with Gasteiger partial charge in [0.1, 0.15) is 0 Å². The van der Waals surface area contributed by atoms with E-state index >= 15 is 0 Å². The van der Waals surface area contributed by atoms with E-state index in [1.165, 1.54) is 22.5 Å². The van der Waals surface area contributed by atoms with Crippen LogP contribution in [0.25, 0.3) is 0 Å². The fraction of sp³-hybridized carbons (Fsp3) is 0.347. The van der Waals surface area contributed by atoms with Crippen LogP contribution in [0.4, 0.5) is 11.4 Å². The maximum Gasteiger partial charge on any atom is 0.0484 e. The molecule has 0 N–H and O–H groups in total. The standard InChI is InChI=1S/C49H62N2/c1-13-20-36(4)38(6)34-41(27-26-40(8)50(12)44-22-17-16-18-23-44)42(21-14-2)35-51(45-30-28-43(29-31-45)49(11)32-19-33-49)47-46(15-3)37(5)24-25-39(7)48(47,9)10/h14,16-19,21-32,34,36,39H,2,5-6,8,13,15,20,33,35H2,1,3-4,7,9-12H3/b27-26-,41-34+,42-21+. The quantitative estimate of drug-likeness (QED) is 0.129. The number of likely N-dealkylation sites (N-methyl/N-ethyl adjacent to an activating group) is 1. The third kappa shape index (κ3) is 9.03. The van der Waals surface area contributed by atoms with Crippen molar-refractivity contribution in [2.45, 2.75) is 79.6 Å². The molecular formula is C49H62N2. The Morgan fingerprint density at radius 3 is 2.22 bits per heavy atom. The zero-order valence-corrected chi connectivity index (χ0v) is 32.8. The third-order valence-electron chi connectivity index (χ3n) is 11.2. The fourth-order valence-electron chi connectivity index (χ4n) is 7.15. The maximum atomic E-state index is 4.58. The molecule has 3 atom stereocenters. The van der Waals surface area contributed by atoms with Gasteiger partial charge >= 0.3 is 0 Å². The summed E-state index contributed by atoms with van der Waals surface area (Å²) in [4.78, 5) is 4.67. The van der Waals surface area contributed by atoms with Gasteiger partial charge in [0.15, 0.2) is 0 Å². The molecule has 51 heavy (non-hydrogen) atoms. The first-order chi connectivity index (χ1) is 24.3. The van der Waals surface area contributed by atoms with Gasteiger partial charge in [-0.05, 0) is 89.3 Å². The minimum Gasteiger partial charge on any atom is -0.345 e. The summed E-state index contributed by atoms with van der Waals surface area (Å²) in [7, 11) is 2.06. The number of benzene rings is 2. The molecule has 2 heteroatoms. The fourth-order valence-corrected chi connectivity index (χ4v) is 7.15. The molecule has 4 rings (SSSR count). The van der Waals surface area contributed by atoms with Gasteiger partial charge in [-0.25, -0.2) is 0 Å². The van der Waals surface area contributed by atoms with Crippen LogP contribution < -0.4 is 9.80 Å². The van der Waals surface area contributed by atoms with Gasteiger partial charge in [-0.15, -0.1) is 0 Å². The molecule has 0 heterocycles. The lowest BCUT2D eigenvalue weighted by atomic mass is 9.72. The molecule has 2 aliphatic carbocycles. The highest BCUT2D eigenvalue weighted by molar-refractivity contribution is 5.63. The van der Waals surface area contributed by atoms with E-state index in [9.17, 15) is 0 Å². The van der Waals surface area contributed by atoms with Gasteiger partial charge in [0.05, 0.1) is 0 Å². The van der Waals surface area contributed by atoms with E-state index in [1.54, 1.807) is 0 Å². The van der Waals surface area contributed by atoms with Crippen LogP contribution in [0.3, 0.4) is 0 Å².